The maximum absolute atomic E-state index is 12.5. The number of carbonyl (C=O) groups is 1. The van der Waals surface area contributed by atoms with Crippen LogP contribution in [0.25, 0.3) is 0 Å². The van der Waals surface area contributed by atoms with E-state index in [9.17, 15) is 4.79 Å². The molecule has 0 radical (unpaired) electrons. The highest BCUT2D eigenvalue weighted by atomic mass is 16.2. The fraction of sp³-hybridized carbons (Fsp3) is 0.923. The standard InChI is InChI=1S/C13H22N2O/c16-12-13(6-7-14-10-13)5-2-8-15(12)9-11-3-1-4-11/h11,14H,1-10H2/t13-/m0/s1. The molecule has 1 saturated carbocycles. The van der Waals surface area contributed by atoms with E-state index in [0.29, 0.717) is 5.91 Å². The second kappa shape index (κ2) is 4.02. The topological polar surface area (TPSA) is 32.3 Å². The third kappa shape index (κ3) is 1.65. The fourth-order valence-corrected chi connectivity index (χ4v) is 3.45. The summed E-state index contributed by atoms with van der Waals surface area (Å²) in [6, 6.07) is 0. The monoisotopic (exact) mass is 222 g/mol. The van der Waals surface area contributed by atoms with Crippen LogP contribution >= 0.6 is 0 Å². The number of hydrogen-bond acceptors (Lipinski definition) is 2. The van der Waals surface area contributed by atoms with E-state index in [-0.39, 0.29) is 5.41 Å². The molecule has 3 nitrogen and oxygen atoms in total. The molecule has 1 atom stereocenters. The number of hydrogen-bond donors (Lipinski definition) is 1. The molecule has 1 spiro atoms. The Bertz CT molecular complexity index is 280. The Morgan fingerprint density at radius 1 is 1.31 bits per heavy atom. The van der Waals surface area contributed by atoms with Crippen LogP contribution in [-0.4, -0.2) is 37.0 Å². The van der Waals surface area contributed by atoms with Crippen LogP contribution in [0.5, 0.6) is 0 Å². The average Bonchev–Trinajstić information content (AvgIpc) is 2.68. The normalized spacial score (nSPS) is 35.8. The van der Waals surface area contributed by atoms with Gasteiger partial charge < -0.3 is 10.2 Å². The van der Waals surface area contributed by atoms with Crippen LogP contribution in [0.3, 0.4) is 0 Å². The van der Waals surface area contributed by atoms with Crippen LogP contribution in [0.4, 0.5) is 0 Å². The molecule has 2 heterocycles. The van der Waals surface area contributed by atoms with Crippen LogP contribution in [0, 0.1) is 11.3 Å². The molecule has 2 aliphatic heterocycles. The Morgan fingerprint density at radius 3 is 2.81 bits per heavy atom. The molecule has 3 rings (SSSR count). The second-order valence-electron chi connectivity index (χ2n) is 5.86. The lowest BCUT2D eigenvalue weighted by atomic mass is 9.77. The van der Waals surface area contributed by atoms with Crippen molar-refractivity contribution in [2.24, 2.45) is 11.3 Å². The van der Waals surface area contributed by atoms with Gasteiger partial charge in [0.1, 0.15) is 0 Å². The van der Waals surface area contributed by atoms with Crippen molar-refractivity contribution in [3.05, 3.63) is 0 Å². The molecule has 90 valence electrons. The van der Waals surface area contributed by atoms with Crippen molar-refractivity contribution in [1.82, 2.24) is 10.2 Å². The van der Waals surface area contributed by atoms with Crippen LogP contribution in [0.15, 0.2) is 0 Å². The van der Waals surface area contributed by atoms with Gasteiger partial charge in [-0.1, -0.05) is 6.42 Å². The van der Waals surface area contributed by atoms with Crippen LogP contribution < -0.4 is 5.32 Å². The van der Waals surface area contributed by atoms with Crippen LogP contribution in [0.1, 0.15) is 38.5 Å². The Morgan fingerprint density at radius 2 is 2.19 bits per heavy atom. The summed E-state index contributed by atoms with van der Waals surface area (Å²) < 4.78 is 0. The molecule has 1 N–H and O–H groups in total. The predicted octanol–water partition coefficient (Wildman–Crippen LogP) is 1.39. The molecule has 3 aliphatic rings. The van der Waals surface area contributed by atoms with Gasteiger partial charge in [-0.15, -0.1) is 0 Å². The van der Waals surface area contributed by atoms with Crippen molar-refractivity contribution in [1.29, 1.82) is 0 Å². The minimum atomic E-state index is -0.0119. The van der Waals surface area contributed by atoms with E-state index in [2.05, 4.69) is 10.2 Å². The molecule has 0 aromatic rings. The summed E-state index contributed by atoms with van der Waals surface area (Å²) in [5.74, 6) is 1.27. The molecule has 3 fully saturated rings. The number of piperidine rings is 1. The maximum atomic E-state index is 12.5. The van der Waals surface area contributed by atoms with E-state index < -0.39 is 0 Å². The Hall–Kier alpha value is -0.570. The van der Waals surface area contributed by atoms with Gasteiger partial charge >= 0.3 is 0 Å². The largest absolute Gasteiger partial charge is 0.342 e. The zero-order valence-corrected chi connectivity index (χ0v) is 10.0. The van der Waals surface area contributed by atoms with Gasteiger partial charge in [0.15, 0.2) is 0 Å². The summed E-state index contributed by atoms with van der Waals surface area (Å²) in [4.78, 5) is 14.7. The van der Waals surface area contributed by atoms with E-state index in [1.54, 1.807) is 0 Å². The second-order valence-corrected chi connectivity index (χ2v) is 5.86. The maximum Gasteiger partial charge on any atom is 0.230 e. The summed E-state index contributed by atoms with van der Waals surface area (Å²) in [5.41, 5.74) is -0.0119. The first-order valence-corrected chi connectivity index (χ1v) is 6.80. The Kier molecular flexibility index (Phi) is 2.66. The summed E-state index contributed by atoms with van der Waals surface area (Å²) in [6.45, 7) is 4.01. The van der Waals surface area contributed by atoms with E-state index >= 15 is 0 Å². The smallest absolute Gasteiger partial charge is 0.230 e. The first-order valence-electron chi connectivity index (χ1n) is 6.80. The third-order valence-corrected chi connectivity index (χ3v) is 4.77. The average molecular weight is 222 g/mol. The number of nitrogens with zero attached hydrogens (tertiary/aromatic N) is 1. The summed E-state index contributed by atoms with van der Waals surface area (Å²) >= 11 is 0. The first kappa shape index (κ1) is 10.6. The SMILES string of the molecule is O=C1N(CC2CCC2)CCC[C@@]12CCNC2. The van der Waals surface area contributed by atoms with Gasteiger partial charge in [-0.25, -0.2) is 0 Å². The fourth-order valence-electron chi connectivity index (χ4n) is 3.45. The molecule has 0 unspecified atom stereocenters. The van der Waals surface area contributed by atoms with Crippen molar-refractivity contribution < 1.29 is 4.79 Å². The Balaban J connectivity index is 1.67. The molecular formula is C13H22N2O. The third-order valence-electron chi connectivity index (χ3n) is 4.77. The van der Waals surface area contributed by atoms with Gasteiger partial charge in [0, 0.05) is 19.6 Å². The van der Waals surface area contributed by atoms with E-state index in [4.69, 9.17) is 0 Å². The zero-order chi connectivity index (χ0) is 11.0. The number of rotatable bonds is 2. The molecule has 2 saturated heterocycles. The highest BCUT2D eigenvalue weighted by molar-refractivity contribution is 5.84. The number of carbonyl (C=O) groups excluding carboxylic acids is 1. The molecule has 0 bridgehead atoms. The van der Waals surface area contributed by atoms with Crippen molar-refractivity contribution in [3.63, 3.8) is 0 Å². The van der Waals surface area contributed by atoms with E-state index in [0.717, 1.165) is 44.9 Å². The van der Waals surface area contributed by atoms with Gasteiger partial charge in [0.2, 0.25) is 5.91 Å². The van der Waals surface area contributed by atoms with Crippen molar-refractivity contribution in [2.75, 3.05) is 26.2 Å². The minimum Gasteiger partial charge on any atom is -0.342 e. The van der Waals surface area contributed by atoms with Crippen molar-refractivity contribution in [3.8, 4) is 0 Å². The quantitative estimate of drug-likeness (QED) is 0.765. The van der Waals surface area contributed by atoms with Gasteiger partial charge in [-0.05, 0) is 44.6 Å². The molecule has 0 aromatic carbocycles. The lowest BCUT2D eigenvalue weighted by molar-refractivity contribution is -0.146. The molecule has 3 heteroatoms. The molecule has 0 aromatic heterocycles. The van der Waals surface area contributed by atoms with E-state index in [1.165, 1.54) is 25.7 Å². The van der Waals surface area contributed by atoms with Gasteiger partial charge in [-0.2, -0.15) is 0 Å². The van der Waals surface area contributed by atoms with Gasteiger partial charge in [0.25, 0.3) is 0 Å². The predicted molar refractivity (Wildman–Crippen MR) is 63.1 cm³/mol. The molecule has 16 heavy (non-hydrogen) atoms. The summed E-state index contributed by atoms with van der Waals surface area (Å²) in [7, 11) is 0. The number of nitrogens with one attached hydrogen (secondary N) is 1. The molecule has 1 aliphatic carbocycles. The Labute approximate surface area is 97.6 Å². The number of amides is 1. The summed E-state index contributed by atoms with van der Waals surface area (Å²) in [6.07, 6.45) is 7.44. The highest BCUT2D eigenvalue weighted by Crippen LogP contribution is 2.38. The van der Waals surface area contributed by atoms with Crippen LogP contribution in [0.2, 0.25) is 0 Å². The van der Waals surface area contributed by atoms with Gasteiger partial charge in [-0.3, -0.25) is 4.79 Å². The van der Waals surface area contributed by atoms with Crippen molar-refractivity contribution >= 4 is 5.91 Å². The highest BCUT2D eigenvalue weighted by Gasteiger charge is 2.46. The van der Waals surface area contributed by atoms with Crippen LogP contribution in [-0.2, 0) is 4.79 Å². The number of likely N-dealkylation sites (tertiary alicyclic amines) is 1. The lowest BCUT2D eigenvalue weighted by Crippen LogP contribution is -2.51. The summed E-state index contributed by atoms with van der Waals surface area (Å²) in [5, 5.41) is 3.37. The molecular weight excluding hydrogens is 200 g/mol. The first-order chi connectivity index (χ1) is 7.80. The lowest BCUT2D eigenvalue weighted by Gasteiger charge is -2.41. The van der Waals surface area contributed by atoms with Crippen molar-refractivity contribution in [2.45, 2.75) is 38.5 Å². The zero-order valence-electron chi connectivity index (χ0n) is 10.0. The molecule has 1 amide bonds. The van der Waals surface area contributed by atoms with E-state index in [1.807, 2.05) is 0 Å². The minimum absolute atomic E-state index is 0.0119. The van der Waals surface area contributed by atoms with Gasteiger partial charge in [0.05, 0.1) is 5.41 Å².